The van der Waals surface area contributed by atoms with Crippen molar-refractivity contribution in [3.63, 3.8) is 0 Å². The maximum absolute atomic E-state index is 12.7. The van der Waals surface area contributed by atoms with Crippen LogP contribution in [0.1, 0.15) is 20.7 Å². The minimum atomic E-state index is -0.628. The lowest BCUT2D eigenvalue weighted by Gasteiger charge is -2.36. The van der Waals surface area contributed by atoms with Crippen molar-refractivity contribution in [1.82, 2.24) is 4.90 Å². The van der Waals surface area contributed by atoms with Gasteiger partial charge in [-0.05, 0) is 60.7 Å². The molecule has 1 fully saturated rings. The minimum Gasteiger partial charge on any atom is -0.368 e. The predicted molar refractivity (Wildman–Crippen MR) is 132 cm³/mol. The van der Waals surface area contributed by atoms with Crippen molar-refractivity contribution < 1.29 is 14.5 Å². The molecule has 0 radical (unpaired) electrons. The van der Waals surface area contributed by atoms with Crippen molar-refractivity contribution >= 4 is 52.1 Å². The molecular weight excluding hydrogens is 479 g/mol. The average molecular weight is 499 g/mol. The topological polar surface area (TPSA) is 95.8 Å². The molecule has 0 aromatic heterocycles. The molecule has 1 aliphatic rings. The van der Waals surface area contributed by atoms with Crippen LogP contribution < -0.4 is 10.2 Å². The van der Waals surface area contributed by atoms with E-state index in [1.165, 1.54) is 12.1 Å². The highest BCUT2D eigenvalue weighted by Gasteiger charge is 2.22. The fourth-order valence-electron chi connectivity index (χ4n) is 3.70. The van der Waals surface area contributed by atoms with Crippen LogP contribution >= 0.6 is 23.2 Å². The molecule has 1 saturated heterocycles. The predicted octanol–water partition coefficient (Wildman–Crippen LogP) is 5.12. The zero-order chi connectivity index (χ0) is 24.2. The number of nitro benzene ring substituents is 1. The summed E-state index contributed by atoms with van der Waals surface area (Å²) in [5.74, 6) is -0.487. The number of rotatable bonds is 5. The number of anilines is 2. The Morgan fingerprint density at radius 3 is 2.09 bits per heavy atom. The molecule has 174 valence electrons. The Bertz CT molecular complexity index is 1220. The van der Waals surface area contributed by atoms with Gasteiger partial charge in [-0.25, -0.2) is 0 Å². The summed E-state index contributed by atoms with van der Waals surface area (Å²) in [6, 6.07) is 18.1. The van der Waals surface area contributed by atoms with E-state index in [9.17, 15) is 19.7 Å². The second-order valence-electron chi connectivity index (χ2n) is 7.71. The zero-order valence-corrected chi connectivity index (χ0v) is 19.4. The van der Waals surface area contributed by atoms with Gasteiger partial charge < -0.3 is 15.1 Å². The van der Waals surface area contributed by atoms with E-state index >= 15 is 0 Å². The molecule has 1 heterocycles. The normalized spacial score (nSPS) is 13.5. The van der Waals surface area contributed by atoms with Gasteiger partial charge in [-0.1, -0.05) is 23.2 Å². The van der Waals surface area contributed by atoms with Gasteiger partial charge >= 0.3 is 0 Å². The zero-order valence-electron chi connectivity index (χ0n) is 17.9. The maximum atomic E-state index is 12.7. The van der Waals surface area contributed by atoms with Crippen LogP contribution in [0.5, 0.6) is 0 Å². The van der Waals surface area contributed by atoms with Crippen molar-refractivity contribution in [1.29, 1.82) is 0 Å². The first-order valence-electron chi connectivity index (χ1n) is 10.5. The number of nitrogens with one attached hydrogen (secondary N) is 1. The van der Waals surface area contributed by atoms with Gasteiger partial charge in [0.25, 0.3) is 17.5 Å². The molecule has 34 heavy (non-hydrogen) atoms. The number of piperazine rings is 1. The summed E-state index contributed by atoms with van der Waals surface area (Å²) >= 11 is 11.7. The number of hydrogen-bond donors (Lipinski definition) is 1. The summed E-state index contributed by atoms with van der Waals surface area (Å²) in [4.78, 5) is 39.6. The molecule has 3 aromatic carbocycles. The van der Waals surface area contributed by atoms with Gasteiger partial charge in [0.15, 0.2) is 0 Å². The molecule has 8 nitrogen and oxygen atoms in total. The molecule has 0 aliphatic carbocycles. The summed E-state index contributed by atoms with van der Waals surface area (Å²) in [7, 11) is 0. The lowest BCUT2D eigenvalue weighted by Crippen LogP contribution is -2.48. The Kier molecular flexibility index (Phi) is 7.00. The molecule has 2 amide bonds. The first-order chi connectivity index (χ1) is 16.3. The second-order valence-corrected chi connectivity index (χ2v) is 8.55. The van der Waals surface area contributed by atoms with E-state index in [-0.39, 0.29) is 22.2 Å². The number of hydrogen-bond acceptors (Lipinski definition) is 5. The van der Waals surface area contributed by atoms with E-state index in [1.807, 2.05) is 17.0 Å². The summed E-state index contributed by atoms with van der Waals surface area (Å²) < 4.78 is 0. The largest absolute Gasteiger partial charge is 0.368 e. The Labute approximate surface area is 205 Å². The van der Waals surface area contributed by atoms with Crippen LogP contribution in [-0.2, 0) is 0 Å². The Hall–Kier alpha value is -3.62. The Morgan fingerprint density at radius 2 is 1.47 bits per heavy atom. The van der Waals surface area contributed by atoms with Crippen molar-refractivity contribution in [2.24, 2.45) is 0 Å². The third-order valence-electron chi connectivity index (χ3n) is 5.55. The summed E-state index contributed by atoms with van der Waals surface area (Å²) in [5, 5.41) is 14.3. The number of amides is 2. The van der Waals surface area contributed by atoms with Gasteiger partial charge in [-0.3, -0.25) is 19.7 Å². The second kappa shape index (κ2) is 10.1. The SMILES string of the molecule is O=C(Nc1ccc(N2CCN(C(=O)c3ccc(Cl)cc3)CC2)cc1)c1ccc(Cl)c([N+](=O)[O-])c1. The van der Waals surface area contributed by atoms with Crippen LogP contribution in [-0.4, -0.2) is 47.8 Å². The number of carbonyl (C=O) groups excluding carboxylic acids is 2. The molecule has 0 bridgehead atoms. The van der Waals surface area contributed by atoms with E-state index in [2.05, 4.69) is 10.2 Å². The quantitative estimate of drug-likeness (QED) is 0.389. The van der Waals surface area contributed by atoms with Crippen LogP contribution in [0.3, 0.4) is 0 Å². The summed E-state index contributed by atoms with van der Waals surface area (Å²) in [6.07, 6.45) is 0. The third kappa shape index (κ3) is 5.30. The lowest BCUT2D eigenvalue weighted by atomic mass is 10.1. The van der Waals surface area contributed by atoms with E-state index < -0.39 is 10.8 Å². The number of halogens is 2. The van der Waals surface area contributed by atoms with Gasteiger partial charge in [0.1, 0.15) is 5.02 Å². The van der Waals surface area contributed by atoms with Gasteiger partial charge in [0, 0.05) is 59.8 Å². The lowest BCUT2D eigenvalue weighted by molar-refractivity contribution is -0.384. The van der Waals surface area contributed by atoms with Crippen molar-refractivity contribution in [3.8, 4) is 0 Å². The van der Waals surface area contributed by atoms with Gasteiger partial charge in [-0.15, -0.1) is 0 Å². The van der Waals surface area contributed by atoms with Gasteiger partial charge in [0.05, 0.1) is 4.92 Å². The monoisotopic (exact) mass is 498 g/mol. The van der Waals surface area contributed by atoms with Crippen LogP contribution in [0.4, 0.5) is 17.1 Å². The smallest absolute Gasteiger partial charge is 0.288 e. The van der Waals surface area contributed by atoms with Gasteiger partial charge in [-0.2, -0.15) is 0 Å². The molecule has 4 rings (SSSR count). The highest BCUT2D eigenvalue weighted by Crippen LogP contribution is 2.26. The molecule has 3 aromatic rings. The Morgan fingerprint density at radius 1 is 0.853 bits per heavy atom. The van der Waals surface area contributed by atoms with Gasteiger partial charge in [0.2, 0.25) is 0 Å². The van der Waals surface area contributed by atoms with E-state index in [1.54, 1.807) is 36.4 Å². The van der Waals surface area contributed by atoms with Crippen LogP contribution in [0.2, 0.25) is 10.0 Å². The summed E-state index contributed by atoms with van der Waals surface area (Å²) in [5.41, 5.74) is 1.96. The van der Waals surface area contributed by atoms with E-state index in [0.717, 1.165) is 11.8 Å². The van der Waals surface area contributed by atoms with Crippen LogP contribution in [0.15, 0.2) is 66.7 Å². The highest BCUT2D eigenvalue weighted by molar-refractivity contribution is 6.32. The Balaban J connectivity index is 1.35. The molecule has 1 N–H and O–H groups in total. The third-order valence-corrected chi connectivity index (χ3v) is 6.12. The minimum absolute atomic E-state index is 0.0168. The molecule has 10 heteroatoms. The number of nitro groups is 1. The van der Waals surface area contributed by atoms with Crippen LogP contribution in [0, 0.1) is 10.1 Å². The fraction of sp³-hybridized carbons (Fsp3) is 0.167. The number of nitrogens with zero attached hydrogens (tertiary/aromatic N) is 3. The molecule has 1 aliphatic heterocycles. The van der Waals surface area contributed by atoms with E-state index in [4.69, 9.17) is 23.2 Å². The maximum Gasteiger partial charge on any atom is 0.288 e. The molecule has 0 spiro atoms. The standard InChI is InChI=1S/C24H20Cl2N4O4/c25-18-4-1-16(2-5-18)24(32)29-13-11-28(12-14-29)20-8-6-19(7-9-20)27-23(31)17-3-10-21(26)22(15-17)30(33)34/h1-10,15H,11-14H2,(H,27,31). The van der Waals surface area contributed by atoms with Crippen molar-refractivity contribution in [3.05, 3.63) is 98.0 Å². The first kappa shape index (κ1) is 23.5. The van der Waals surface area contributed by atoms with E-state index in [0.29, 0.717) is 42.5 Å². The molecule has 0 atom stereocenters. The number of carbonyl (C=O) groups is 2. The molecular formula is C24H20Cl2N4O4. The van der Waals surface area contributed by atoms with Crippen molar-refractivity contribution in [2.75, 3.05) is 36.4 Å². The fourth-order valence-corrected chi connectivity index (χ4v) is 4.01. The number of benzene rings is 3. The molecule has 0 saturated carbocycles. The average Bonchev–Trinajstić information content (AvgIpc) is 2.85. The first-order valence-corrected chi connectivity index (χ1v) is 11.2. The van der Waals surface area contributed by atoms with Crippen LogP contribution in [0.25, 0.3) is 0 Å². The molecule has 0 unspecified atom stereocenters. The van der Waals surface area contributed by atoms with Crippen molar-refractivity contribution in [2.45, 2.75) is 0 Å². The highest BCUT2D eigenvalue weighted by atomic mass is 35.5. The summed E-state index contributed by atoms with van der Waals surface area (Å²) in [6.45, 7) is 2.55.